The summed E-state index contributed by atoms with van der Waals surface area (Å²) in [5.41, 5.74) is -2.13. The van der Waals surface area contributed by atoms with E-state index in [9.17, 15) is 14.7 Å². The van der Waals surface area contributed by atoms with Crippen LogP contribution in [0.15, 0.2) is 18.3 Å². The van der Waals surface area contributed by atoms with Crippen molar-refractivity contribution in [1.29, 1.82) is 0 Å². The van der Waals surface area contributed by atoms with Gasteiger partial charge in [0.1, 0.15) is 0 Å². The molecule has 6 nitrogen and oxygen atoms in total. The number of carbonyl (C=O) groups is 2. The number of aromatic nitrogens is 1. The molecule has 3 N–H and O–H groups in total. The lowest BCUT2D eigenvalue weighted by atomic mass is 9.86. The number of rotatable bonds is 4. The van der Waals surface area contributed by atoms with Gasteiger partial charge < -0.3 is 15.3 Å². The molecule has 2 atom stereocenters. The van der Waals surface area contributed by atoms with E-state index in [-0.39, 0.29) is 11.3 Å². The van der Waals surface area contributed by atoms with Gasteiger partial charge >= 0.3 is 11.9 Å². The van der Waals surface area contributed by atoms with E-state index in [4.69, 9.17) is 10.2 Å². The molecule has 1 aromatic heterocycles. The first-order chi connectivity index (χ1) is 7.78. The molecule has 0 saturated carbocycles. The second kappa shape index (κ2) is 4.50. The zero-order valence-electron chi connectivity index (χ0n) is 9.41. The Kier molecular flexibility index (Phi) is 3.47. The Hall–Kier alpha value is -1.95. The molecule has 2 unspecified atom stereocenters. The summed E-state index contributed by atoms with van der Waals surface area (Å²) in [6.07, 6.45) is 1.36. The number of hydrogen-bond acceptors (Lipinski definition) is 4. The molecule has 0 bridgehead atoms. The summed E-state index contributed by atoms with van der Waals surface area (Å²) < 4.78 is 0. The van der Waals surface area contributed by atoms with Crippen LogP contribution in [0.25, 0.3) is 0 Å². The SMILES string of the molecule is CC(c1ncccc1C(=O)O)C(C)(O)C(=O)O. The number of pyridine rings is 1. The zero-order chi connectivity index (χ0) is 13.2. The second-order valence-corrected chi connectivity index (χ2v) is 3.92. The molecule has 0 aromatic carbocycles. The molecule has 0 amide bonds. The summed E-state index contributed by atoms with van der Waals surface area (Å²) in [5.74, 6) is -3.57. The minimum Gasteiger partial charge on any atom is -0.479 e. The number of carboxylic acid groups (broad SMARTS) is 2. The minimum absolute atomic E-state index is 0.0485. The van der Waals surface area contributed by atoms with E-state index in [1.54, 1.807) is 0 Å². The number of aliphatic carboxylic acids is 1. The fraction of sp³-hybridized carbons (Fsp3) is 0.364. The molecular weight excluding hydrogens is 226 g/mol. The van der Waals surface area contributed by atoms with Crippen LogP contribution in [0.2, 0.25) is 0 Å². The normalized spacial score (nSPS) is 15.9. The lowest BCUT2D eigenvalue weighted by Gasteiger charge is -2.26. The Morgan fingerprint density at radius 2 is 2.00 bits per heavy atom. The fourth-order valence-corrected chi connectivity index (χ4v) is 1.39. The Bertz CT molecular complexity index is 455. The van der Waals surface area contributed by atoms with Crippen LogP contribution < -0.4 is 0 Å². The number of hydrogen-bond donors (Lipinski definition) is 3. The van der Waals surface area contributed by atoms with Crippen molar-refractivity contribution >= 4 is 11.9 Å². The van der Waals surface area contributed by atoms with Gasteiger partial charge in [-0.15, -0.1) is 0 Å². The van der Waals surface area contributed by atoms with Gasteiger partial charge in [-0.25, -0.2) is 9.59 Å². The summed E-state index contributed by atoms with van der Waals surface area (Å²) in [7, 11) is 0. The zero-order valence-corrected chi connectivity index (χ0v) is 9.41. The van der Waals surface area contributed by atoms with E-state index in [1.807, 2.05) is 0 Å². The van der Waals surface area contributed by atoms with E-state index in [0.29, 0.717) is 0 Å². The summed E-state index contributed by atoms with van der Waals surface area (Å²) in [5, 5.41) is 27.6. The summed E-state index contributed by atoms with van der Waals surface area (Å²) in [4.78, 5) is 25.7. The van der Waals surface area contributed by atoms with Gasteiger partial charge in [0, 0.05) is 12.1 Å². The smallest absolute Gasteiger partial charge is 0.337 e. The van der Waals surface area contributed by atoms with Crippen molar-refractivity contribution < 1.29 is 24.9 Å². The Morgan fingerprint density at radius 3 is 2.47 bits per heavy atom. The van der Waals surface area contributed by atoms with Crippen LogP contribution in [0.5, 0.6) is 0 Å². The average molecular weight is 239 g/mol. The molecule has 1 heterocycles. The summed E-state index contributed by atoms with van der Waals surface area (Å²) >= 11 is 0. The van der Waals surface area contributed by atoms with Crippen molar-refractivity contribution in [2.45, 2.75) is 25.4 Å². The van der Waals surface area contributed by atoms with Crippen molar-refractivity contribution in [2.75, 3.05) is 0 Å². The molecule has 92 valence electrons. The maximum Gasteiger partial charge on any atom is 0.337 e. The Labute approximate surface area is 97.5 Å². The van der Waals surface area contributed by atoms with Gasteiger partial charge in [0.2, 0.25) is 0 Å². The van der Waals surface area contributed by atoms with Gasteiger partial charge in [-0.1, -0.05) is 6.92 Å². The molecule has 17 heavy (non-hydrogen) atoms. The number of aliphatic hydroxyl groups is 1. The molecule has 0 radical (unpaired) electrons. The lowest BCUT2D eigenvalue weighted by molar-refractivity contribution is -0.158. The highest BCUT2D eigenvalue weighted by Gasteiger charge is 2.39. The predicted molar refractivity (Wildman–Crippen MR) is 57.9 cm³/mol. The van der Waals surface area contributed by atoms with Gasteiger partial charge in [0.25, 0.3) is 0 Å². The van der Waals surface area contributed by atoms with E-state index < -0.39 is 23.5 Å². The highest BCUT2D eigenvalue weighted by molar-refractivity contribution is 5.89. The Balaban J connectivity index is 3.26. The molecule has 6 heteroatoms. The first-order valence-corrected chi connectivity index (χ1v) is 4.92. The minimum atomic E-state index is -2.07. The van der Waals surface area contributed by atoms with Crippen LogP contribution in [0.1, 0.15) is 35.8 Å². The van der Waals surface area contributed by atoms with Crippen LogP contribution in [-0.4, -0.2) is 37.8 Å². The standard InChI is InChI=1S/C11H13NO5/c1-6(11(2,17)10(15)16)8-7(9(13)14)4-3-5-12-8/h3-6,17H,1-2H3,(H,13,14)(H,15,16). The third kappa shape index (κ3) is 2.42. The average Bonchev–Trinajstić information content (AvgIpc) is 2.27. The van der Waals surface area contributed by atoms with Crippen molar-refractivity contribution in [1.82, 2.24) is 4.98 Å². The quantitative estimate of drug-likeness (QED) is 0.714. The van der Waals surface area contributed by atoms with Crippen LogP contribution in [-0.2, 0) is 4.79 Å². The number of nitrogens with zero attached hydrogens (tertiary/aromatic N) is 1. The molecule has 1 aromatic rings. The Morgan fingerprint density at radius 1 is 1.41 bits per heavy atom. The van der Waals surface area contributed by atoms with Crippen molar-refractivity contribution in [2.24, 2.45) is 0 Å². The first kappa shape index (κ1) is 13.1. The predicted octanol–water partition coefficient (Wildman–Crippen LogP) is 0.719. The largest absolute Gasteiger partial charge is 0.479 e. The molecule has 0 aliphatic rings. The maximum atomic E-state index is 11.0. The maximum absolute atomic E-state index is 11.0. The van der Waals surface area contributed by atoms with Crippen molar-refractivity contribution in [3.63, 3.8) is 0 Å². The molecule has 0 aliphatic carbocycles. The van der Waals surface area contributed by atoms with Gasteiger partial charge in [0.15, 0.2) is 5.60 Å². The van der Waals surface area contributed by atoms with E-state index in [0.717, 1.165) is 6.92 Å². The molecule has 0 spiro atoms. The topological polar surface area (TPSA) is 108 Å². The lowest BCUT2D eigenvalue weighted by Crippen LogP contribution is -2.41. The van der Waals surface area contributed by atoms with E-state index in [1.165, 1.54) is 25.3 Å². The van der Waals surface area contributed by atoms with Crippen molar-refractivity contribution in [3.8, 4) is 0 Å². The van der Waals surface area contributed by atoms with Gasteiger partial charge in [0.05, 0.1) is 11.3 Å². The molecule has 0 aliphatic heterocycles. The van der Waals surface area contributed by atoms with Gasteiger partial charge in [-0.2, -0.15) is 0 Å². The summed E-state index contributed by atoms with van der Waals surface area (Å²) in [6.45, 7) is 2.53. The molecule has 0 fully saturated rings. The van der Waals surface area contributed by atoms with Crippen LogP contribution in [0, 0.1) is 0 Å². The second-order valence-electron chi connectivity index (χ2n) is 3.92. The molecular formula is C11H13NO5. The van der Waals surface area contributed by atoms with Crippen LogP contribution >= 0.6 is 0 Å². The highest BCUT2D eigenvalue weighted by atomic mass is 16.4. The fourth-order valence-electron chi connectivity index (χ4n) is 1.39. The van der Waals surface area contributed by atoms with E-state index in [2.05, 4.69) is 4.98 Å². The number of carboxylic acids is 2. The van der Waals surface area contributed by atoms with Crippen LogP contribution in [0.4, 0.5) is 0 Å². The highest BCUT2D eigenvalue weighted by Crippen LogP contribution is 2.28. The van der Waals surface area contributed by atoms with Gasteiger partial charge in [-0.3, -0.25) is 4.98 Å². The third-order valence-corrected chi connectivity index (χ3v) is 2.76. The van der Waals surface area contributed by atoms with Gasteiger partial charge in [-0.05, 0) is 19.1 Å². The third-order valence-electron chi connectivity index (χ3n) is 2.76. The summed E-state index contributed by atoms with van der Waals surface area (Å²) in [6, 6.07) is 2.76. The molecule has 1 rings (SSSR count). The number of aromatic carboxylic acids is 1. The molecule has 0 saturated heterocycles. The van der Waals surface area contributed by atoms with Crippen molar-refractivity contribution in [3.05, 3.63) is 29.6 Å². The monoisotopic (exact) mass is 239 g/mol. The van der Waals surface area contributed by atoms with Crippen LogP contribution in [0.3, 0.4) is 0 Å². The first-order valence-electron chi connectivity index (χ1n) is 4.92. The van der Waals surface area contributed by atoms with E-state index >= 15 is 0 Å².